The number of fused-ring (bicyclic) bond motifs is 1. The molecule has 0 spiro atoms. The van der Waals surface area contributed by atoms with Crippen molar-refractivity contribution in [1.29, 1.82) is 0 Å². The van der Waals surface area contributed by atoms with Crippen LogP contribution in [-0.4, -0.2) is 30.7 Å². The number of carbonyl (C=O) groups excluding carboxylic acids is 3. The highest BCUT2D eigenvalue weighted by Gasteiger charge is 2.29. The summed E-state index contributed by atoms with van der Waals surface area (Å²) in [6.07, 6.45) is 0.0782. The Hall–Kier alpha value is -4.72. The Morgan fingerprint density at radius 1 is 0.919 bits per heavy atom. The van der Waals surface area contributed by atoms with Gasteiger partial charge in [-0.15, -0.1) is 0 Å². The summed E-state index contributed by atoms with van der Waals surface area (Å²) in [5.74, 6) is -2.19. The van der Waals surface area contributed by atoms with Crippen LogP contribution >= 0.6 is 0 Å². The van der Waals surface area contributed by atoms with E-state index in [-0.39, 0.29) is 35.3 Å². The molecule has 8 nitrogen and oxygen atoms in total. The van der Waals surface area contributed by atoms with Crippen LogP contribution in [-0.2, 0) is 22.6 Å². The summed E-state index contributed by atoms with van der Waals surface area (Å²) in [4.78, 5) is 52.0. The molecule has 0 aliphatic rings. The molecule has 1 atom stereocenters. The fourth-order valence-electron chi connectivity index (χ4n) is 3.92. The van der Waals surface area contributed by atoms with Crippen LogP contribution in [0.15, 0.2) is 88.1 Å². The zero-order chi connectivity index (χ0) is 26.4. The minimum atomic E-state index is -1.18. The third-order valence-electron chi connectivity index (χ3n) is 5.96. The first-order valence-electron chi connectivity index (χ1n) is 11.7. The van der Waals surface area contributed by atoms with E-state index in [9.17, 15) is 19.2 Å². The third kappa shape index (κ3) is 5.92. The van der Waals surface area contributed by atoms with Gasteiger partial charge in [-0.05, 0) is 30.2 Å². The number of hydrogen-bond donors (Lipinski definition) is 2. The van der Waals surface area contributed by atoms with Crippen molar-refractivity contribution < 1.29 is 23.5 Å². The second-order valence-electron chi connectivity index (χ2n) is 8.50. The highest BCUT2D eigenvalue weighted by molar-refractivity contribution is 6.38. The maximum Gasteiger partial charge on any atom is 0.289 e. The largest absolute Gasteiger partial charge is 0.497 e. The molecule has 37 heavy (non-hydrogen) atoms. The van der Waals surface area contributed by atoms with Crippen molar-refractivity contribution >= 4 is 28.6 Å². The molecule has 2 amide bonds. The van der Waals surface area contributed by atoms with Crippen molar-refractivity contribution in [2.24, 2.45) is 0 Å². The average molecular weight is 499 g/mol. The number of rotatable bonds is 9. The lowest BCUT2D eigenvalue weighted by molar-refractivity contribution is -0.139. The second-order valence-corrected chi connectivity index (χ2v) is 8.50. The van der Waals surface area contributed by atoms with Crippen LogP contribution in [0.3, 0.4) is 0 Å². The van der Waals surface area contributed by atoms with Crippen molar-refractivity contribution in [3.05, 3.63) is 112 Å². The lowest BCUT2D eigenvalue weighted by Crippen LogP contribution is -2.48. The molecule has 188 valence electrons. The molecule has 0 fully saturated rings. The molecule has 4 rings (SSSR count). The summed E-state index contributed by atoms with van der Waals surface area (Å²) in [6, 6.07) is 21.7. The van der Waals surface area contributed by atoms with Gasteiger partial charge in [-0.2, -0.15) is 0 Å². The van der Waals surface area contributed by atoms with Gasteiger partial charge in [0.25, 0.3) is 11.8 Å². The first-order valence-corrected chi connectivity index (χ1v) is 11.7. The lowest BCUT2D eigenvalue weighted by Gasteiger charge is -2.18. The fourth-order valence-corrected chi connectivity index (χ4v) is 3.92. The Bertz CT molecular complexity index is 1500. The second kappa shape index (κ2) is 11.3. The average Bonchev–Trinajstić information content (AvgIpc) is 2.93. The predicted octanol–water partition coefficient (Wildman–Crippen LogP) is 3.34. The van der Waals surface area contributed by atoms with E-state index in [1.807, 2.05) is 36.4 Å². The molecule has 0 radical (unpaired) electrons. The predicted molar refractivity (Wildman–Crippen MR) is 138 cm³/mol. The van der Waals surface area contributed by atoms with E-state index >= 15 is 0 Å². The summed E-state index contributed by atoms with van der Waals surface area (Å²) in [5.41, 5.74) is 1.47. The first-order chi connectivity index (χ1) is 17.9. The number of carbonyl (C=O) groups is 3. The van der Waals surface area contributed by atoms with Crippen molar-refractivity contribution in [3.63, 3.8) is 0 Å². The molecule has 1 heterocycles. The van der Waals surface area contributed by atoms with Gasteiger partial charge in [0.05, 0.1) is 12.5 Å². The molecule has 0 unspecified atom stereocenters. The molecule has 0 bridgehead atoms. The zero-order valence-electron chi connectivity index (χ0n) is 20.4. The van der Waals surface area contributed by atoms with E-state index < -0.39 is 23.6 Å². The molecule has 0 aliphatic heterocycles. The summed E-state index contributed by atoms with van der Waals surface area (Å²) in [5, 5.41) is 5.52. The van der Waals surface area contributed by atoms with Gasteiger partial charge < -0.3 is 19.8 Å². The Labute approximate surface area is 213 Å². The standard InChI is InChI=1S/C29H26N2O6/c1-18-25(32)22-14-13-21(36-2)16-24(22)37-27(18)29(35)31-23(15-19-9-5-3-6-10-19)26(33)28(34)30-17-20-11-7-4-8-12-20/h3-14,16,23H,15,17H2,1-2H3,(H,30,34)(H,31,35)/t23-/m0/s1. The summed E-state index contributed by atoms with van der Waals surface area (Å²) in [7, 11) is 1.48. The van der Waals surface area contributed by atoms with Crippen LogP contribution in [0, 0.1) is 6.92 Å². The van der Waals surface area contributed by atoms with Crippen LogP contribution in [0.4, 0.5) is 0 Å². The Balaban J connectivity index is 1.60. The van der Waals surface area contributed by atoms with Gasteiger partial charge >= 0.3 is 0 Å². The number of methoxy groups -OCH3 is 1. The zero-order valence-corrected chi connectivity index (χ0v) is 20.4. The molecule has 8 heteroatoms. The first kappa shape index (κ1) is 25.4. The number of amides is 2. The van der Waals surface area contributed by atoms with Crippen molar-refractivity contribution in [2.75, 3.05) is 7.11 Å². The number of ketones is 1. The number of Topliss-reactive ketones (excluding diaryl/α,β-unsaturated/α-hetero) is 1. The van der Waals surface area contributed by atoms with Crippen LogP contribution in [0.5, 0.6) is 5.75 Å². The molecule has 1 aromatic heterocycles. The van der Waals surface area contributed by atoms with Gasteiger partial charge in [0.2, 0.25) is 5.78 Å². The van der Waals surface area contributed by atoms with Gasteiger partial charge in [-0.3, -0.25) is 19.2 Å². The van der Waals surface area contributed by atoms with Gasteiger partial charge in [0, 0.05) is 24.6 Å². The number of hydrogen-bond acceptors (Lipinski definition) is 6. The van der Waals surface area contributed by atoms with E-state index in [0.29, 0.717) is 11.1 Å². The quantitative estimate of drug-likeness (QED) is 0.342. The van der Waals surface area contributed by atoms with Crippen LogP contribution in [0.25, 0.3) is 11.0 Å². The summed E-state index contributed by atoms with van der Waals surface area (Å²) >= 11 is 0. The van der Waals surface area contributed by atoms with Crippen molar-refractivity contribution in [3.8, 4) is 5.75 Å². The molecule has 4 aromatic rings. The maximum atomic E-state index is 13.3. The topological polar surface area (TPSA) is 115 Å². The molecule has 2 N–H and O–H groups in total. The van der Waals surface area contributed by atoms with Gasteiger partial charge in [0.1, 0.15) is 17.4 Å². The van der Waals surface area contributed by atoms with Crippen molar-refractivity contribution in [2.45, 2.75) is 25.9 Å². The van der Waals surface area contributed by atoms with E-state index in [0.717, 1.165) is 11.1 Å². The molecule has 3 aromatic carbocycles. The van der Waals surface area contributed by atoms with Crippen LogP contribution < -0.4 is 20.8 Å². The summed E-state index contributed by atoms with van der Waals surface area (Å²) < 4.78 is 11.0. The molecular weight excluding hydrogens is 472 g/mol. The van der Waals surface area contributed by atoms with Gasteiger partial charge in [-0.1, -0.05) is 60.7 Å². The molecular formula is C29H26N2O6. The smallest absolute Gasteiger partial charge is 0.289 e. The molecule has 0 aliphatic carbocycles. The van der Waals surface area contributed by atoms with E-state index in [4.69, 9.17) is 9.15 Å². The van der Waals surface area contributed by atoms with Crippen molar-refractivity contribution in [1.82, 2.24) is 10.6 Å². The number of ether oxygens (including phenoxy) is 1. The van der Waals surface area contributed by atoms with Crippen LogP contribution in [0.2, 0.25) is 0 Å². The SMILES string of the molecule is COc1ccc2c(=O)c(C)c(C(=O)N[C@@H](Cc3ccccc3)C(=O)C(=O)NCc3ccccc3)oc2c1. The fraction of sp³-hybridized carbons (Fsp3) is 0.172. The molecule has 0 saturated carbocycles. The minimum absolute atomic E-state index is 0.0782. The highest BCUT2D eigenvalue weighted by Crippen LogP contribution is 2.21. The highest BCUT2D eigenvalue weighted by atomic mass is 16.5. The monoisotopic (exact) mass is 498 g/mol. The van der Waals surface area contributed by atoms with E-state index in [2.05, 4.69) is 10.6 Å². The van der Waals surface area contributed by atoms with Gasteiger partial charge in [-0.25, -0.2) is 0 Å². The Morgan fingerprint density at radius 2 is 1.57 bits per heavy atom. The summed E-state index contributed by atoms with van der Waals surface area (Å²) in [6.45, 7) is 1.64. The van der Waals surface area contributed by atoms with E-state index in [1.54, 1.807) is 36.4 Å². The van der Waals surface area contributed by atoms with E-state index in [1.165, 1.54) is 20.1 Å². The maximum absolute atomic E-state index is 13.3. The number of nitrogens with one attached hydrogen (secondary N) is 2. The normalized spacial score (nSPS) is 11.5. The molecule has 0 saturated heterocycles. The Kier molecular flexibility index (Phi) is 7.78. The minimum Gasteiger partial charge on any atom is -0.497 e. The van der Waals surface area contributed by atoms with Crippen LogP contribution in [0.1, 0.15) is 27.2 Å². The number of benzene rings is 3. The third-order valence-corrected chi connectivity index (χ3v) is 5.96. The Morgan fingerprint density at radius 3 is 2.22 bits per heavy atom. The lowest BCUT2D eigenvalue weighted by atomic mass is 10.0. The van der Waals surface area contributed by atoms with Gasteiger partial charge in [0.15, 0.2) is 11.2 Å².